The first-order valence-corrected chi connectivity index (χ1v) is 9.03. The van der Waals surface area contributed by atoms with E-state index in [1.165, 1.54) is 25.7 Å². The Morgan fingerprint density at radius 3 is 2.64 bits per heavy atom. The molecular weight excluding hydrogens is 414 g/mol. The lowest BCUT2D eigenvalue weighted by atomic mass is 10.0. The van der Waals surface area contributed by atoms with Gasteiger partial charge >= 0.3 is 5.97 Å². The minimum Gasteiger partial charge on any atom is -0.456 e. The number of nitrogens with one attached hydrogen (secondary N) is 1. The number of carbonyl (C=O) groups is 2. The van der Waals surface area contributed by atoms with E-state index >= 15 is 0 Å². The maximum absolute atomic E-state index is 11.8. The Kier molecular flexibility index (Phi) is 6.89. The molecule has 1 aromatic carbocycles. The van der Waals surface area contributed by atoms with Crippen LogP contribution in [0.2, 0.25) is 0 Å². The number of anilines is 1. The summed E-state index contributed by atoms with van der Waals surface area (Å²) in [5, 5.41) is 2.71. The molecule has 6 heteroatoms. The highest BCUT2D eigenvalue weighted by Gasteiger charge is 2.17. The summed E-state index contributed by atoms with van der Waals surface area (Å²) in [6, 6.07) is 5.44. The zero-order valence-corrected chi connectivity index (χ0v) is 15.4. The summed E-state index contributed by atoms with van der Waals surface area (Å²) in [5.41, 5.74) is 0.648. The van der Waals surface area contributed by atoms with E-state index in [9.17, 15) is 9.59 Å². The summed E-state index contributed by atoms with van der Waals surface area (Å²) in [6.45, 7) is -0.244. The Labute approximate surface area is 147 Å². The van der Waals surface area contributed by atoms with Crippen LogP contribution in [0.15, 0.2) is 27.1 Å². The normalized spacial score (nSPS) is 14.8. The lowest BCUT2D eigenvalue weighted by molar-refractivity contribution is -0.147. The second kappa shape index (κ2) is 8.67. The third-order valence-electron chi connectivity index (χ3n) is 3.80. The van der Waals surface area contributed by atoms with Gasteiger partial charge in [0, 0.05) is 15.4 Å². The highest BCUT2D eigenvalue weighted by Crippen LogP contribution is 2.28. The van der Waals surface area contributed by atoms with Crippen LogP contribution in [0.1, 0.15) is 38.5 Å². The first-order valence-electron chi connectivity index (χ1n) is 7.45. The number of esters is 1. The van der Waals surface area contributed by atoms with E-state index < -0.39 is 0 Å². The monoisotopic (exact) mass is 431 g/mol. The Hall–Kier alpha value is -0.880. The van der Waals surface area contributed by atoms with Crippen molar-refractivity contribution in [2.75, 3.05) is 11.9 Å². The Bertz CT molecular complexity index is 542. The maximum Gasteiger partial charge on any atom is 0.306 e. The molecule has 1 N–H and O–H groups in total. The molecule has 1 fully saturated rings. The molecule has 120 valence electrons. The van der Waals surface area contributed by atoms with Crippen molar-refractivity contribution < 1.29 is 14.3 Å². The second-order valence-electron chi connectivity index (χ2n) is 5.52. The summed E-state index contributed by atoms with van der Waals surface area (Å²) in [6.07, 6.45) is 6.24. The van der Waals surface area contributed by atoms with E-state index in [2.05, 4.69) is 37.2 Å². The predicted octanol–water partition coefficient (Wildman–Crippen LogP) is 4.66. The molecule has 1 aliphatic carbocycles. The van der Waals surface area contributed by atoms with Crippen molar-refractivity contribution in [1.29, 1.82) is 0 Å². The largest absolute Gasteiger partial charge is 0.456 e. The van der Waals surface area contributed by atoms with Crippen LogP contribution in [-0.4, -0.2) is 18.5 Å². The topological polar surface area (TPSA) is 55.4 Å². The van der Waals surface area contributed by atoms with E-state index in [4.69, 9.17) is 4.74 Å². The number of hydrogen-bond donors (Lipinski definition) is 1. The molecule has 0 spiro atoms. The summed E-state index contributed by atoms with van der Waals surface area (Å²) in [5.74, 6) is 0.0225. The lowest BCUT2D eigenvalue weighted by Gasteiger charge is -2.10. The average Bonchev–Trinajstić information content (AvgIpc) is 2.99. The van der Waals surface area contributed by atoms with Crippen molar-refractivity contribution in [3.05, 3.63) is 27.1 Å². The molecule has 4 nitrogen and oxygen atoms in total. The van der Waals surface area contributed by atoms with Gasteiger partial charge in [0.15, 0.2) is 6.61 Å². The van der Waals surface area contributed by atoms with Gasteiger partial charge in [-0.05, 0) is 46.5 Å². The van der Waals surface area contributed by atoms with E-state index in [0.29, 0.717) is 18.0 Å². The van der Waals surface area contributed by atoms with Gasteiger partial charge in [-0.3, -0.25) is 9.59 Å². The van der Waals surface area contributed by atoms with Crippen LogP contribution in [0.5, 0.6) is 0 Å². The van der Waals surface area contributed by atoms with Crippen LogP contribution in [0.25, 0.3) is 0 Å². The van der Waals surface area contributed by atoms with E-state index in [-0.39, 0.29) is 18.5 Å². The summed E-state index contributed by atoms with van der Waals surface area (Å²) in [7, 11) is 0. The van der Waals surface area contributed by atoms with Crippen LogP contribution in [0.4, 0.5) is 5.69 Å². The fraction of sp³-hybridized carbons (Fsp3) is 0.500. The smallest absolute Gasteiger partial charge is 0.306 e. The van der Waals surface area contributed by atoms with Gasteiger partial charge in [-0.15, -0.1) is 0 Å². The van der Waals surface area contributed by atoms with Gasteiger partial charge < -0.3 is 10.1 Å². The number of carbonyl (C=O) groups excluding carboxylic acids is 2. The van der Waals surface area contributed by atoms with Gasteiger partial charge in [-0.25, -0.2) is 0 Å². The zero-order valence-electron chi connectivity index (χ0n) is 12.2. The van der Waals surface area contributed by atoms with Gasteiger partial charge in [0.25, 0.3) is 5.91 Å². The van der Waals surface area contributed by atoms with Crippen molar-refractivity contribution in [2.24, 2.45) is 5.92 Å². The summed E-state index contributed by atoms with van der Waals surface area (Å²) >= 11 is 6.71. The molecule has 1 saturated carbocycles. The standard InChI is InChI=1S/C16H19Br2NO3/c17-12-6-7-14(13(18)9-12)19-15(20)10-22-16(21)8-5-11-3-1-2-4-11/h6-7,9,11H,1-5,8,10H2,(H,19,20). The third kappa shape index (κ3) is 5.72. The predicted molar refractivity (Wildman–Crippen MR) is 92.6 cm³/mol. The van der Waals surface area contributed by atoms with Crippen LogP contribution in [-0.2, 0) is 14.3 Å². The molecule has 0 unspecified atom stereocenters. The molecule has 1 aromatic rings. The van der Waals surface area contributed by atoms with Gasteiger partial charge in [-0.2, -0.15) is 0 Å². The number of benzene rings is 1. The molecule has 0 aromatic heterocycles. The van der Waals surface area contributed by atoms with Crippen LogP contribution < -0.4 is 5.32 Å². The Balaban J connectivity index is 1.69. The second-order valence-corrected chi connectivity index (χ2v) is 7.29. The third-order valence-corrected chi connectivity index (χ3v) is 4.95. The molecule has 0 radical (unpaired) electrons. The van der Waals surface area contributed by atoms with Gasteiger partial charge in [0.05, 0.1) is 5.69 Å². The van der Waals surface area contributed by atoms with Gasteiger partial charge in [-0.1, -0.05) is 41.6 Å². The molecule has 0 bridgehead atoms. The van der Waals surface area contributed by atoms with Crippen molar-refractivity contribution in [1.82, 2.24) is 0 Å². The number of halogens is 2. The SMILES string of the molecule is O=C(COC(=O)CCC1CCCC1)Nc1ccc(Br)cc1Br. The molecule has 0 aliphatic heterocycles. The average molecular weight is 433 g/mol. The number of hydrogen-bond acceptors (Lipinski definition) is 3. The number of rotatable bonds is 6. The summed E-state index contributed by atoms with van der Waals surface area (Å²) in [4.78, 5) is 23.4. The Morgan fingerprint density at radius 2 is 1.95 bits per heavy atom. The van der Waals surface area contributed by atoms with E-state index in [1.807, 2.05) is 12.1 Å². The number of ether oxygens (including phenoxy) is 1. The first kappa shape index (κ1) is 17.5. The minimum absolute atomic E-state index is 0.244. The highest BCUT2D eigenvalue weighted by molar-refractivity contribution is 9.11. The minimum atomic E-state index is -0.336. The molecule has 2 rings (SSSR count). The molecule has 0 saturated heterocycles. The number of amides is 1. The van der Waals surface area contributed by atoms with Crippen LogP contribution in [0, 0.1) is 5.92 Å². The summed E-state index contributed by atoms with van der Waals surface area (Å²) < 4.78 is 6.70. The fourth-order valence-corrected chi connectivity index (χ4v) is 3.76. The van der Waals surface area contributed by atoms with Crippen molar-refractivity contribution >= 4 is 49.4 Å². The van der Waals surface area contributed by atoms with Crippen LogP contribution in [0.3, 0.4) is 0 Å². The van der Waals surface area contributed by atoms with E-state index in [0.717, 1.165) is 15.4 Å². The molecular formula is C16H19Br2NO3. The lowest BCUT2D eigenvalue weighted by Crippen LogP contribution is -2.21. The first-order chi connectivity index (χ1) is 10.5. The Morgan fingerprint density at radius 1 is 1.23 bits per heavy atom. The van der Waals surface area contributed by atoms with Crippen molar-refractivity contribution in [2.45, 2.75) is 38.5 Å². The van der Waals surface area contributed by atoms with Gasteiger partial charge in [0.1, 0.15) is 0 Å². The molecule has 0 heterocycles. The highest BCUT2D eigenvalue weighted by atomic mass is 79.9. The molecule has 22 heavy (non-hydrogen) atoms. The molecule has 1 aliphatic rings. The fourth-order valence-electron chi connectivity index (χ4n) is 2.62. The van der Waals surface area contributed by atoms with E-state index in [1.54, 1.807) is 6.07 Å². The van der Waals surface area contributed by atoms with Crippen LogP contribution >= 0.6 is 31.9 Å². The quantitative estimate of drug-likeness (QED) is 0.664. The molecule has 0 atom stereocenters. The zero-order chi connectivity index (χ0) is 15.9. The maximum atomic E-state index is 11.8. The molecule has 1 amide bonds. The van der Waals surface area contributed by atoms with Gasteiger partial charge in [0.2, 0.25) is 0 Å². The van der Waals surface area contributed by atoms with Crippen molar-refractivity contribution in [3.63, 3.8) is 0 Å². The van der Waals surface area contributed by atoms with Crippen molar-refractivity contribution in [3.8, 4) is 0 Å².